The molecule has 1 aromatic heterocycles. The minimum atomic E-state index is -0.438. The highest BCUT2D eigenvalue weighted by Crippen LogP contribution is 2.21. The Balaban J connectivity index is 2.32. The lowest BCUT2D eigenvalue weighted by Crippen LogP contribution is -2.25. The molecule has 1 fully saturated rings. The van der Waals surface area contributed by atoms with E-state index >= 15 is 0 Å². The standard InChI is InChI=1S/C8H9BrN2O4/c9-5-7(12)10-6(11-8(5)13)4-3-14-1-2-15-4/h4H,1-3H2,(H2,10,11,12,13). The smallest absolute Gasteiger partial charge is 0.269 e. The highest BCUT2D eigenvalue weighted by atomic mass is 79.9. The van der Waals surface area contributed by atoms with Gasteiger partial charge >= 0.3 is 0 Å². The Bertz CT molecular complexity index is 414. The number of ether oxygens (including phenoxy) is 2. The summed E-state index contributed by atoms with van der Waals surface area (Å²) in [5.41, 5.74) is -0.438. The Hall–Kier alpha value is -0.920. The molecule has 0 aromatic carbocycles. The molecule has 0 spiro atoms. The number of aromatic nitrogens is 2. The summed E-state index contributed by atoms with van der Waals surface area (Å²) >= 11 is 2.91. The largest absolute Gasteiger partial charge is 0.492 e. The fourth-order valence-electron chi connectivity index (χ4n) is 1.26. The van der Waals surface area contributed by atoms with Crippen LogP contribution in [0.1, 0.15) is 11.9 Å². The van der Waals surface area contributed by atoms with Crippen LogP contribution in [-0.4, -0.2) is 34.9 Å². The topological polar surface area (TPSA) is 84.4 Å². The maximum Gasteiger partial charge on any atom is 0.269 e. The summed E-state index contributed by atoms with van der Waals surface area (Å²) in [6.07, 6.45) is -0.426. The van der Waals surface area contributed by atoms with Gasteiger partial charge in [-0.3, -0.25) is 4.79 Å². The molecule has 2 rings (SSSR count). The van der Waals surface area contributed by atoms with Crippen LogP contribution in [0.15, 0.2) is 9.27 Å². The van der Waals surface area contributed by atoms with Crippen molar-refractivity contribution in [2.24, 2.45) is 0 Å². The van der Waals surface area contributed by atoms with Gasteiger partial charge in [-0.05, 0) is 15.9 Å². The van der Waals surface area contributed by atoms with Crippen molar-refractivity contribution in [2.45, 2.75) is 6.10 Å². The average molecular weight is 277 g/mol. The molecule has 1 unspecified atom stereocenters. The monoisotopic (exact) mass is 276 g/mol. The molecule has 1 saturated heterocycles. The summed E-state index contributed by atoms with van der Waals surface area (Å²) in [6, 6.07) is 0. The summed E-state index contributed by atoms with van der Waals surface area (Å²) < 4.78 is 10.5. The van der Waals surface area contributed by atoms with Gasteiger partial charge in [-0.15, -0.1) is 0 Å². The van der Waals surface area contributed by atoms with E-state index < -0.39 is 11.7 Å². The van der Waals surface area contributed by atoms with E-state index in [0.29, 0.717) is 19.8 Å². The van der Waals surface area contributed by atoms with Crippen molar-refractivity contribution in [3.05, 3.63) is 20.7 Å². The van der Waals surface area contributed by atoms with E-state index in [2.05, 4.69) is 25.9 Å². The van der Waals surface area contributed by atoms with Gasteiger partial charge in [0.15, 0.2) is 0 Å². The third-order valence-electron chi connectivity index (χ3n) is 1.98. The number of aromatic hydroxyl groups is 1. The van der Waals surface area contributed by atoms with Crippen molar-refractivity contribution in [1.29, 1.82) is 0 Å². The van der Waals surface area contributed by atoms with Gasteiger partial charge in [0, 0.05) is 0 Å². The molecule has 82 valence electrons. The Labute approximate surface area is 93.4 Å². The molecule has 7 heteroatoms. The van der Waals surface area contributed by atoms with E-state index in [1.165, 1.54) is 0 Å². The van der Waals surface area contributed by atoms with Gasteiger partial charge in [0.25, 0.3) is 5.56 Å². The molecule has 1 aliphatic rings. The lowest BCUT2D eigenvalue weighted by Gasteiger charge is -2.21. The van der Waals surface area contributed by atoms with Crippen molar-refractivity contribution in [3.8, 4) is 5.88 Å². The minimum absolute atomic E-state index is 0.0166. The van der Waals surface area contributed by atoms with Crippen LogP contribution in [0.4, 0.5) is 0 Å². The first-order chi connectivity index (χ1) is 7.18. The van der Waals surface area contributed by atoms with Gasteiger partial charge in [-0.1, -0.05) is 0 Å². The molecule has 1 aromatic rings. The summed E-state index contributed by atoms with van der Waals surface area (Å²) in [5, 5.41) is 9.34. The molecular formula is C8H9BrN2O4. The van der Waals surface area contributed by atoms with Crippen LogP contribution in [0, 0.1) is 0 Å². The van der Waals surface area contributed by atoms with E-state index in [9.17, 15) is 9.90 Å². The van der Waals surface area contributed by atoms with Crippen LogP contribution in [0.25, 0.3) is 0 Å². The number of nitrogens with zero attached hydrogens (tertiary/aromatic N) is 1. The van der Waals surface area contributed by atoms with Crippen molar-refractivity contribution in [3.63, 3.8) is 0 Å². The molecule has 2 N–H and O–H groups in total. The minimum Gasteiger partial charge on any atom is -0.492 e. The van der Waals surface area contributed by atoms with E-state index in [1.54, 1.807) is 0 Å². The zero-order chi connectivity index (χ0) is 10.8. The number of hydrogen-bond acceptors (Lipinski definition) is 5. The maximum absolute atomic E-state index is 11.3. The van der Waals surface area contributed by atoms with Crippen LogP contribution < -0.4 is 5.56 Å². The van der Waals surface area contributed by atoms with Crippen molar-refractivity contribution < 1.29 is 14.6 Å². The fraction of sp³-hybridized carbons (Fsp3) is 0.500. The molecule has 0 aliphatic carbocycles. The fourth-order valence-corrected chi connectivity index (χ4v) is 1.45. The first-order valence-electron chi connectivity index (χ1n) is 4.36. The molecule has 1 aliphatic heterocycles. The second kappa shape index (κ2) is 4.30. The second-order valence-corrected chi connectivity index (χ2v) is 3.82. The van der Waals surface area contributed by atoms with Crippen molar-refractivity contribution >= 4 is 15.9 Å². The first kappa shape index (κ1) is 10.6. The number of nitrogens with one attached hydrogen (secondary N) is 1. The number of H-pyrrole nitrogens is 1. The quantitative estimate of drug-likeness (QED) is 0.772. The van der Waals surface area contributed by atoms with Crippen LogP contribution in [0.5, 0.6) is 5.88 Å². The maximum atomic E-state index is 11.3. The molecule has 0 bridgehead atoms. The van der Waals surface area contributed by atoms with Gasteiger partial charge in [-0.25, -0.2) is 0 Å². The van der Waals surface area contributed by atoms with Gasteiger partial charge in [0.1, 0.15) is 16.4 Å². The number of rotatable bonds is 1. The summed E-state index contributed by atoms with van der Waals surface area (Å²) in [4.78, 5) is 17.6. The molecule has 0 amide bonds. The molecule has 15 heavy (non-hydrogen) atoms. The van der Waals surface area contributed by atoms with Crippen molar-refractivity contribution in [1.82, 2.24) is 9.97 Å². The van der Waals surface area contributed by atoms with Crippen LogP contribution >= 0.6 is 15.9 Å². The Kier molecular flexibility index (Phi) is 3.03. The summed E-state index contributed by atoms with van der Waals surface area (Å²) in [7, 11) is 0. The van der Waals surface area contributed by atoms with Crippen LogP contribution in [-0.2, 0) is 9.47 Å². The Morgan fingerprint density at radius 3 is 2.93 bits per heavy atom. The molecule has 0 radical (unpaired) electrons. The normalized spacial score (nSPS) is 21.5. The zero-order valence-electron chi connectivity index (χ0n) is 7.70. The lowest BCUT2D eigenvalue weighted by atomic mass is 10.3. The highest BCUT2D eigenvalue weighted by molar-refractivity contribution is 9.10. The van der Waals surface area contributed by atoms with E-state index in [-0.39, 0.29) is 16.2 Å². The van der Waals surface area contributed by atoms with E-state index in [4.69, 9.17) is 9.47 Å². The summed E-state index contributed by atoms with van der Waals surface area (Å²) in [6.45, 7) is 1.30. The second-order valence-electron chi connectivity index (χ2n) is 3.02. The Morgan fingerprint density at radius 1 is 1.53 bits per heavy atom. The summed E-state index contributed by atoms with van der Waals surface area (Å²) in [5.74, 6) is -0.0664. The van der Waals surface area contributed by atoms with Crippen LogP contribution in [0.3, 0.4) is 0 Å². The number of hydrogen-bond donors (Lipinski definition) is 2. The molecule has 6 nitrogen and oxygen atoms in total. The molecule has 0 saturated carbocycles. The number of halogens is 1. The Morgan fingerprint density at radius 2 is 2.33 bits per heavy atom. The molecule has 2 heterocycles. The molecular weight excluding hydrogens is 268 g/mol. The van der Waals surface area contributed by atoms with Gasteiger partial charge in [-0.2, -0.15) is 4.98 Å². The predicted octanol–water partition coefficient (Wildman–Crippen LogP) is 0.326. The van der Waals surface area contributed by atoms with Gasteiger partial charge in [0.05, 0.1) is 19.8 Å². The highest BCUT2D eigenvalue weighted by Gasteiger charge is 2.20. The van der Waals surface area contributed by atoms with Gasteiger partial charge < -0.3 is 19.6 Å². The first-order valence-corrected chi connectivity index (χ1v) is 5.16. The van der Waals surface area contributed by atoms with Crippen molar-refractivity contribution in [2.75, 3.05) is 19.8 Å². The third-order valence-corrected chi connectivity index (χ3v) is 2.70. The molecule has 1 atom stereocenters. The van der Waals surface area contributed by atoms with Crippen LogP contribution in [0.2, 0.25) is 0 Å². The average Bonchev–Trinajstić information content (AvgIpc) is 2.26. The zero-order valence-corrected chi connectivity index (χ0v) is 9.28. The van der Waals surface area contributed by atoms with Gasteiger partial charge in [0.2, 0.25) is 5.88 Å². The SMILES string of the molecule is O=c1[nH]c(C2COCCO2)nc(O)c1Br. The van der Waals surface area contributed by atoms with E-state index in [1.807, 2.05) is 0 Å². The number of aromatic amines is 1. The lowest BCUT2D eigenvalue weighted by molar-refractivity contribution is -0.0937. The van der Waals surface area contributed by atoms with E-state index in [0.717, 1.165) is 0 Å². The third kappa shape index (κ3) is 2.19. The predicted molar refractivity (Wildman–Crippen MR) is 53.7 cm³/mol.